The standard InChI is InChI=1S/C41H72N8O6/c1-26(2)20-32-38(52)49(19-13-44-32)35(41(55)47-15-7-8-30(25-47)24-36(42)50)23-29(6)10-9-28(5)22-33-39(53)48(18-14-45-33)34(21-27(3)4)40(54)46-16-11-31(12-17-46)37(43)51/h26-35,44-45H,7-25H2,1-6H3,(H2,42,50)(H2,43,51)/t28?,29?,30?,32-,33-,34-,35-/m0/s1. The van der Waals surface area contributed by atoms with E-state index in [1.807, 2.05) is 14.7 Å². The second-order valence-electron chi connectivity index (χ2n) is 18.1. The fourth-order valence-electron chi connectivity index (χ4n) is 9.25. The molecule has 4 aliphatic rings. The number of likely N-dealkylation sites (tertiary alicyclic amines) is 2. The van der Waals surface area contributed by atoms with E-state index in [9.17, 15) is 28.8 Å². The summed E-state index contributed by atoms with van der Waals surface area (Å²) in [6, 6.07) is -1.81. The second kappa shape index (κ2) is 20.8. The van der Waals surface area contributed by atoms with Crippen LogP contribution in [-0.4, -0.2) is 132 Å². The van der Waals surface area contributed by atoms with E-state index in [4.69, 9.17) is 11.5 Å². The predicted octanol–water partition coefficient (Wildman–Crippen LogP) is 2.09. The smallest absolute Gasteiger partial charge is 0.245 e. The molecular formula is C41H72N8O6. The van der Waals surface area contributed by atoms with Gasteiger partial charge in [0.1, 0.15) is 12.1 Å². The van der Waals surface area contributed by atoms with Gasteiger partial charge in [0.05, 0.1) is 12.1 Å². The number of amides is 6. The lowest BCUT2D eigenvalue weighted by Gasteiger charge is -2.42. The Hall–Kier alpha value is -3.26. The molecule has 0 aromatic heterocycles. The van der Waals surface area contributed by atoms with Gasteiger partial charge in [0, 0.05) is 64.7 Å². The molecule has 6 N–H and O–H groups in total. The van der Waals surface area contributed by atoms with E-state index in [2.05, 4.69) is 52.2 Å². The zero-order chi connectivity index (χ0) is 40.4. The van der Waals surface area contributed by atoms with E-state index in [1.165, 1.54) is 0 Å². The van der Waals surface area contributed by atoms with Crippen LogP contribution < -0.4 is 22.1 Å². The molecule has 0 radical (unpaired) electrons. The molecule has 7 atom stereocenters. The maximum absolute atomic E-state index is 14.3. The zero-order valence-corrected chi connectivity index (χ0v) is 34.6. The summed E-state index contributed by atoms with van der Waals surface area (Å²) in [6.07, 6.45) is 7.20. The topological polar surface area (TPSA) is 191 Å². The van der Waals surface area contributed by atoms with Crippen molar-refractivity contribution in [3.63, 3.8) is 0 Å². The Morgan fingerprint density at radius 2 is 1.22 bits per heavy atom. The first-order valence-electron chi connectivity index (χ1n) is 21.3. The molecule has 0 saturated carbocycles. The van der Waals surface area contributed by atoms with Gasteiger partial charge in [0.25, 0.3) is 0 Å². The molecule has 312 valence electrons. The normalized spacial score (nSPS) is 25.3. The van der Waals surface area contributed by atoms with Crippen molar-refractivity contribution in [1.29, 1.82) is 0 Å². The van der Waals surface area contributed by atoms with Gasteiger partial charge < -0.3 is 41.7 Å². The SMILES string of the molecule is CC(C)C[C@@H]1NCCN([C@@H](CC(C)CCC(C)C[C@@H]2NCCN([C@@H](CC(C)C)C(=O)N3CCC(C(N)=O)CC3)C2=O)C(=O)N2CCCC(CC(N)=O)C2)C1=O. The summed E-state index contributed by atoms with van der Waals surface area (Å²) < 4.78 is 0. The van der Waals surface area contributed by atoms with Crippen molar-refractivity contribution in [2.75, 3.05) is 52.4 Å². The third-order valence-electron chi connectivity index (χ3n) is 12.3. The number of hydrogen-bond acceptors (Lipinski definition) is 8. The minimum Gasteiger partial charge on any atom is -0.370 e. The quantitative estimate of drug-likeness (QED) is 0.163. The van der Waals surface area contributed by atoms with Crippen LogP contribution in [0.15, 0.2) is 0 Å². The van der Waals surface area contributed by atoms with Crippen LogP contribution in [0.5, 0.6) is 0 Å². The Bertz CT molecular complexity index is 1340. The number of hydrogen-bond donors (Lipinski definition) is 4. The monoisotopic (exact) mass is 773 g/mol. The second-order valence-corrected chi connectivity index (χ2v) is 18.1. The zero-order valence-electron chi connectivity index (χ0n) is 34.6. The van der Waals surface area contributed by atoms with Gasteiger partial charge in [-0.15, -0.1) is 0 Å². The molecule has 4 saturated heterocycles. The van der Waals surface area contributed by atoms with Crippen LogP contribution in [0.1, 0.15) is 112 Å². The van der Waals surface area contributed by atoms with Crippen molar-refractivity contribution in [2.24, 2.45) is 47.0 Å². The average Bonchev–Trinajstić information content (AvgIpc) is 3.13. The summed E-state index contributed by atoms with van der Waals surface area (Å²) in [5.41, 5.74) is 11.0. The largest absolute Gasteiger partial charge is 0.370 e. The number of carbonyl (C=O) groups excluding carboxylic acids is 6. The fourth-order valence-corrected chi connectivity index (χ4v) is 9.25. The van der Waals surface area contributed by atoms with Crippen LogP contribution in [0.25, 0.3) is 0 Å². The molecule has 0 spiro atoms. The first kappa shape index (κ1) is 44.5. The van der Waals surface area contributed by atoms with Crippen LogP contribution in [0.4, 0.5) is 0 Å². The Labute approximate surface area is 329 Å². The van der Waals surface area contributed by atoms with Gasteiger partial charge in [-0.05, 0) is 81.0 Å². The summed E-state index contributed by atoms with van der Waals surface area (Å²) in [5, 5.41) is 6.80. The van der Waals surface area contributed by atoms with Gasteiger partial charge in [-0.3, -0.25) is 28.8 Å². The van der Waals surface area contributed by atoms with Crippen molar-refractivity contribution in [3.05, 3.63) is 0 Å². The molecule has 4 fully saturated rings. The average molecular weight is 773 g/mol. The minimum absolute atomic E-state index is 0.0135. The molecule has 4 aliphatic heterocycles. The number of rotatable bonds is 18. The van der Waals surface area contributed by atoms with Gasteiger partial charge in [-0.1, -0.05) is 54.4 Å². The lowest BCUT2D eigenvalue weighted by Crippen LogP contribution is -2.62. The summed E-state index contributed by atoms with van der Waals surface area (Å²) >= 11 is 0. The molecule has 14 nitrogen and oxygen atoms in total. The molecule has 4 rings (SSSR count). The number of piperidine rings is 2. The van der Waals surface area contributed by atoms with Gasteiger partial charge in [0.15, 0.2) is 0 Å². The number of piperazine rings is 2. The number of nitrogens with zero attached hydrogens (tertiary/aromatic N) is 4. The maximum atomic E-state index is 14.3. The van der Waals surface area contributed by atoms with E-state index in [0.717, 1.165) is 25.7 Å². The first-order chi connectivity index (χ1) is 26.0. The molecule has 4 heterocycles. The summed E-state index contributed by atoms with van der Waals surface area (Å²) in [5.74, 6) is -0.0649. The number of carbonyl (C=O) groups is 6. The highest BCUT2D eigenvalue weighted by Gasteiger charge is 2.42. The molecule has 6 amide bonds. The van der Waals surface area contributed by atoms with Crippen LogP contribution in [0.2, 0.25) is 0 Å². The Kier molecular flexibility index (Phi) is 16.8. The number of nitrogens with one attached hydrogen (secondary N) is 2. The predicted molar refractivity (Wildman–Crippen MR) is 212 cm³/mol. The lowest BCUT2D eigenvalue weighted by atomic mass is 9.87. The Balaban J connectivity index is 1.38. The van der Waals surface area contributed by atoms with Crippen LogP contribution in [0.3, 0.4) is 0 Å². The van der Waals surface area contributed by atoms with Gasteiger partial charge in [-0.25, -0.2) is 0 Å². The number of nitrogens with two attached hydrogens (primary N) is 2. The van der Waals surface area contributed by atoms with Crippen molar-refractivity contribution >= 4 is 35.4 Å². The molecule has 14 heteroatoms. The maximum Gasteiger partial charge on any atom is 0.245 e. The highest BCUT2D eigenvalue weighted by Crippen LogP contribution is 2.29. The van der Waals surface area contributed by atoms with E-state index in [1.54, 1.807) is 4.90 Å². The molecular weight excluding hydrogens is 701 g/mol. The van der Waals surface area contributed by atoms with E-state index < -0.39 is 12.1 Å². The van der Waals surface area contributed by atoms with Crippen molar-refractivity contribution in [3.8, 4) is 0 Å². The molecule has 0 aromatic rings. The minimum atomic E-state index is -0.575. The third-order valence-corrected chi connectivity index (χ3v) is 12.3. The third kappa shape index (κ3) is 12.6. The Morgan fingerprint density at radius 3 is 1.76 bits per heavy atom. The van der Waals surface area contributed by atoms with Gasteiger partial charge in [-0.2, -0.15) is 0 Å². The van der Waals surface area contributed by atoms with E-state index in [-0.39, 0.29) is 83.5 Å². The van der Waals surface area contributed by atoms with Crippen molar-refractivity contribution < 1.29 is 28.8 Å². The molecule has 0 bridgehead atoms. The van der Waals surface area contributed by atoms with E-state index >= 15 is 0 Å². The van der Waals surface area contributed by atoms with Crippen LogP contribution >= 0.6 is 0 Å². The van der Waals surface area contributed by atoms with E-state index in [0.29, 0.717) is 96.8 Å². The molecule has 0 aliphatic carbocycles. The van der Waals surface area contributed by atoms with Crippen molar-refractivity contribution in [2.45, 2.75) is 136 Å². The highest BCUT2D eigenvalue weighted by atomic mass is 16.2. The summed E-state index contributed by atoms with van der Waals surface area (Å²) in [6.45, 7) is 16.9. The molecule has 55 heavy (non-hydrogen) atoms. The lowest BCUT2D eigenvalue weighted by molar-refractivity contribution is -0.151. The first-order valence-corrected chi connectivity index (χ1v) is 21.3. The summed E-state index contributed by atoms with van der Waals surface area (Å²) in [7, 11) is 0. The fraction of sp³-hybridized carbons (Fsp3) is 0.854. The molecule has 0 aromatic carbocycles. The van der Waals surface area contributed by atoms with Crippen LogP contribution in [-0.2, 0) is 28.8 Å². The summed E-state index contributed by atoms with van der Waals surface area (Å²) in [4.78, 5) is 86.8. The van der Waals surface area contributed by atoms with Crippen molar-refractivity contribution in [1.82, 2.24) is 30.2 Å². The van der Waals surface area contributed by atoms with Gasteiger partial charge >= 0.3 is 0 Å². The Morgan fingerprint density at radius 1 is 0.673 bits per heavy atom. The molecule has 3 unspecified atom stereocenters. The number of primary amides is 2. The van der Waals surface area contributed by atoms with Gasteiger partial charge in [0.2, 0.25) is 35.4 Å². The highest BCUT2D eigenvalue weighted by molar-refractivity contribution is 5.91. The van der Waals surface area contributed by atoms with Crippen LogP contribution in [0, 0.1) is 35.5 Å².